The van der Waals surface area contributed by atoms with Crippen LogP contribution < -0.4 is 4.90 Å². The molecule has 0 unspecified atom stereocenters. The van der Waals surface area contributed by atoms with Crippen molar-refractivity contribution in [1.29, 1.82) is 0 Å². The van der Waals surface area contributed by atoms with Gasteiger partial charge >= 0.3 is 6.18 Å². The fourth-order valence-electron chi connectivity index (χ4n) is 3.09. The summed E-state index contributed by atoms with van der Waals surface area (Å²) in [5.41, 5.74) is -0.123. The Bertz CT molecular complexity index is 821. The third-order valence-electron chi connectivity index (χ3n) is 4.60. The largest absolute Gasteiger partial charge is 0.416 e. The molecule has 1 aliphatic rings. The second kappa shape index (κ2) is 8.66. The lowest BCUT2D eigenvalue weighted by Gasteiger charge is -2.37. The van der Waals surface area contributed by atoms with E-state index in [0.717, 1.165) is 17.0 Å². The van der Waals surface area contributed by atoms with E-state index in [1.54, 1.807) is 23.1 Å². The maximum absolute atomic E-state index is 12.9. The summed E-state index contributed by atoms with van der Waals surface area (Å²) in [6.07, 6.45) is -4.36. The van der Waals surface area contributed by atoms with Crippen molar-refractivity contribution in [2.75, 3.05) is 31.1 Å². The van der Waals surface area contributed by atoms with Gasteiger partial charge in [0.1, 0.15) is 0 Å². The fourth-order valence-corrected chi connectivity index (χ4v) is 4.17. The molecule has 8 heteroatoms. The molecular weight excluding hydrogens is 409 g/mol. The first kappa shape index (κ1) is 20.9. The van der Waals surface area contributed by atoms with E-state index in [2.05, 4.69) is 0 Å². The molecule has 0 N–H and O–H groups in total. The number of alkyl halides is 3. The van der Waals surface area contributed by atoms with Gasteiger partial charge in [-0.3, -0.25) is 4.79 Å². The van der Waals surface area contributed by atoms with E-state index in [9.17, 15) is 18.0 Å². The summed E-state index contributed by atoms with van der Waals surface area (Å²) in [4.78, 5) is 17.3. The molecule has 0 aliphatic carbocycles. The van der Waals surface area contributed by atoms with Crippen LogP contribution in [0, 0.1) is 0 Å². The van der Waals surface area contributed by atoms with Gasteiger partial charge in [-0.05, 0) is 49.4 Å². The minimum Gasteiger partial charge on any atom is -0.368 e. The lowest BCUT2D eigenvalue weighted by atomic mass is 10.1. The normalized spacial score (nSPS) is 16.2. The number of piperazine rings is 1. The van der Waals surface area contributed by atoms with Gasteiger partial charge in [-0.2, -0.15) is 13.2 Å². The summed E-state index contributed by atoms with van der Waals surface area (Å²) < 4.78 is 38.7. The number of halogens is 4. The predicted molar refractivity (Wildman–Crippen MR) is 107 cm³/mol. The highest BCUT2D eigenvalue weighted by Gasteiger charge is 2.31. The maximum Gasteiger partial charge on any atom is 0.416 e. The van der Waals surface area contributed by atoms with Gasteiger partial charge in [-0.1, -0.05) is 17.7 Å². The third kappa shape index (κ3) is 5.14. The average molecular weight is 429 g/mol. The number of amides is 1. The molecule has 2 aromatic rings. The van der Waals surface area contributed by atoms with Crippen molar-refractivity contribution in [2.45, 2.75) is 23.2 Å². The van der Waals surface area contributed by atoms with Gasteiger partial charge in [0.15, 0.2) is 0 Å². The SMILES string of the molecule is C[C@H](Sc1ccc(Cl)cc1)C(=O)N1CCN(c2cccc(C(F)(F)F)c2)CC1. The Morgan fingerprint density at radius 3 is 2.32 bits per heavy atom. The van der Waals surface area contributed by atoms with Gasteiger partial charge in [0.05, 0.1) is 10.8 Å². The van der Waals surface area contributed by atoms with Gasteiger partial charge < -0.3 is 9.80 Å². The van der Waals surface area contributed by atoms with Gasteiger partial charge in [0, 0.05) is 41.8 Å². The highest BCUT2D eigenvalue weighted by molar-refractivity contribution is 8.00. The first-order valence-corrected chi connectivity index (χ1v) is 10.1. The van der Waals surface area contributed by atoms with Crippen molar-refractivity contribution in [1.82, 2.24) is 4.90 Å². The molecule has 0 saturated carbocycles. The average Bonchev–Trinajstić information content (AvgIpc) is 2.69. The molecule has 0 spiro atoms. The zero-order chi connectivity index (χ0) is 20.3. The molecule has 150 valence electrons. The Kier molecular flexibility index (Phi) is 6.45. The molecule has 3 nitrogen and oxygen atoms in total. The number of carbonyl (C=O) groups excluding carboxylic acids is 1. The second-order valence-electron chi connectivity index (χ2n) is 6.57. The summed E-state index contributed by atoms with van der Waals surface area (Å²) >= 11 is 7.35. The van der Waals surface area contributed by atoms with E-state index in [0.29, 0.717) is 36.9 Å². The summed E-state index contributed by atoms with van der Waals surface area (Å²) in [5.74, 6) is 0.0312. The van der Waals surface area contributed by atoms with Crippen LogP contribution in [0.4, 0.5) is 18.9 Å². The zero-order valence-electron chi connectivity index (χ0n) is 15.2. The number of rotatable bonds is 4. The van der Waals surface area contributed by atoms with E-state index in [-0.39, 0.29) is 11.2 Å². The van der Waals surface area contributed by atoms with Crippen LogP contribution in [0.2, 0.25) is 5.02 Å². The Hall–Kier alpha value is -1.86. The lowest BCUT2D eigenvalue weighted by molar-refractivity contribution is -0.137. The molecule has 1 amide bonds. The molecule has 28 heavy (non-hydrogen) atoms. The van der Waals surface area contributed by atoms with Crippen LogP contribution in [0.15, 0.2) is 53.4 Å². The smallest absolute Gasteiger partial charge is 0.368 e. The molecule has 1 aliphatic heterocycles. The number of anilines is 1. The molecule has 1 atom stereocenters. The Balaban J connectivity index is 1.57. The number of carbonyl (C=O) groups is 1. The third-order valence-corrected chi connectivity index (χ3v) is 5.96. The molecule has 2 aromatic carbocycles. The molecule has 0 bridgehead atoms. The van der Waals surface area contributed by atoms with Crippen LogP contribution >= 0.6 is 23.4 Å². The summed E-state index contributed by atoms with van der Waals surface area (Å²) in [5, 5.41) is 0.398. The highest BCUT2D eigenvalue weighted by Crippen LogP contribution is 2.32. The lowest BCUT2D eigenvalue weighted by Crippen LogP contribution is -2.50. The van der Waals surface area contributed by atoms with Crippen molar-refractivity contribution in [3.63, 3.8) is 0 Å². The van der Waals surface area contributed by atoms with E-state index >= 15 is 0 Å². The van der Waals surface area contributed by atoms with Crippen LogP contribution in [-0.4, -0.2) is 42.2 Å². The molecule has 1 saturated heterocycles. The number of benzene rings is 2. The first-order chi connectivity index (χ1) is 13.2. The number of hydrogen-bond donors (Lipinski definition) is 0. The van der Waals surface area contributed by atoms with Crippen molar-refractivity contribution < 1.29 is 18.0 Å². The van der Waals surface area contributed by atoms with Crippen LogP contribution in [0.25, 0.3) is 0 Å². The van der Waals surface area contributed by atoms with Crippen LogP contribution in [0.3, 0.4) is 0 Å². The van der Waals surface area contributed by atoms with Crippen molar-refractivity contribution in [2.24, 2.45) is 0 Å². The Morgan fingerprint density at radius 1 is 1.07 bits per heavy atom. The van der Waals surface area contributed by atoms with E-state index in [4.69, 9.17) is 11.6 Å². The van der Waals surface area contributed by atoms with Crippen LogP contribution in [0.1, 0.15) is 12.5 Å². The van der Waals surface area contributed by atoms with Crippen LogP contribution in [0.5, 0.6) is 0 Å². The Morgan fingerprint density at radius 2 is 1.71 bits per heavy atom. The number of thioether (sulfide) groups is 1. The van der Waals surface area contributed by atoms with Crippen molar-refractivity contribution in [3.05, 3.63) is 59.1 Å². The summed E-state index contributed by atoms with van der Waals surface area (Å²) in [7, 11) is 0. The highest BCUT2D eigenvalue weighted by atomic mass is 35.5. The fraction of sp³-hybridized carbons (Fsp3) is 0.350. The molecule has 1 fully saturated rings. The van der Waals surface area contributed by atoms with Crippen molar-refractivity contribution in [3.8, 4) is 0 Å². The Labute approximate surface area is 171 Å². The molecule has 1 heterocycles. The van der Waals surface area contributed by atoms with E-state index in [1.807, 2.05) is 24.0 Å². The molecule has 3 rings (SSSR count). The van der Waals surface area contributed by atoms with Gasteiger partial charge in [0.25, 0.3) is 0 Å². The monoisotopic (exact) mass is 428 g/mol. The van der Waals surface area contributed by atoms with Crippen molar-refractivity contribution >= 4 is 35.0 Å². The maximum atomic E-state index is 12.9. The van der Waals surface area contributed by atoms with Gasteiger partial charge in [0.2, 0.25) is 5.91 Å². The topological polar surface area (TPSA) is 23.6 Å². The first-order valence-electron chi connectivity index (χ1n) is 8.87. The molecule has 0 aromatic heterocycles. The van der Waals surface area contributed by atoms with E-state index < -0.39 is 11.7 Å². The molecule has 0 radical (unpaired) electrons. The second-order valence-corrected chi connectivity index (χ2v) is 8.43. The molecular formula is C20H20ClF3N2OS. The summed E-state index contributed by atoms with van der Waals surface area (Å²) in [6.45, 7) is 3.85. The van der Waals surface area contributed by atoms with Crippen LogP contribution in [-0.2, 0) is 11.0 Å². The predicted octanol–water partition coefficient (Wildman–Crippen LogP) is 5.19. The van der Waals surface area contributed by atoms with Gasteiger partial charge in [-0.15, -0.1) is 11.8 Å². The number of hydrogen-bond acceptors (Lipinski definition) is 3. The van der Waals surface area contributed by atoms with E-state index in [1.165, 1.54) is 17.8 Å². The zero-order valence-corrected chi connectivity index (χ0v) is 16.8. The minimum atomic E-state index is -4.36. The standard InChI is InChI=1S/C20H20ClF3N2OS/c1-14(28-18-7-5-16(21)6-8-18)19(27)26-11-9-25(10-12-26)17-4-2-3-15(13-17)20(22,23)24/h2-8,13-14H,9-12H2,1H3/t14-/m0/s1. The van der Waals surface area contributed by atoms with Gasteiger partial charge in [-0.25, -0.2) is 0 Å². The number of nitrogens with zero attached hydrogens (tertiary/aromatic N) is 2. The quantitative estimate of drug-likeness (QED) is 0.626. The minimum absolute atomic E-state index is 0.0312. The summed E-state index contributed by atoms with van der Waals surface area (Å²) in [6, 6.07) is 12.6.